The van der Waals surface area contributed by atoms with Gasteiger partial charge in [0.05, 0.1) is 6.42 Å². The minimum Gasteiger partial charge on any atom is -0.289 e. The first-order valence-corrected chi connectivity index (χ1v) is 6.85. The second-order valence-electron chi connectivity index (χ2n) is 4.50. The molecule has 0 saturated carbocycles. The molecule has 0 spiro atoms. The molecule has 4 heteroatoms. The van der Waals surface area contributed by atoms with Crippen molar-refractivity contribution in [3.8, 4) is 0 Å². The number of carbonyl (C=O) groups is 1. The molecular weight excluding hydrogens is 232 g/mol. The van der Waals surface area contributed by atoms with Crippen LogP contribution in [0.2, 0.25) is 0 Å². The van der Waals surface area contributed by atoms with Gasteiger partial charge >= 0.3 is 0 Å². The van der Waals surface area contributed by atoms with Crippen LogP contribution >= 0.6 is 11.8 Å². The molecule has 1 aromatic carbocycles. The maximum Gasteiger partial charge on any atom is 0.238 e. The van der Waals surface area contributed by atoms with Crippen LogP contribution < -0.4 is 5.43 Å². The van der Waals surface area contributed by atoms with Crippen molar-refractivity contribution in [1.82, 2.24) is 10.4 Å². The summed E-state index contributed by atoms with van der Waals surface area (Å²) in [6.07, 6.45) is 2.84. The van der Waals surface area contributed by atoms with Gasteiger partial charge in [0.15, 0.2) is 0 Å². The lowest BCUT2D eigenvalue weighted by molar-refractivity contribution is -0.124. The average molecular weight is 250 g/mol. The minimum absolute atomic E-state index is 0.0402. The molecule has 17 heavy (non-hydrogen) atoms. The molecule has 2 rings (SSSR count). The van der Waals surface area contributed by atoms with Gasteiger partial charge in [0.2, 0.25) is 5.91 Å². The Labute approximate surface area is 107 Å². The number of nitrogens with zero attached hydrogens (tertiary/aromatic N) is 1. The quantitative estimate of drug-likeness (QED) is 0.831. The number of amides is 1. The Bertz CT molecular complexity index is 418. The highest BCUT2D eigenvalue weighted by Gasteiger charge is 2.11. The lowest BCUT2D eigenvalue weighted by Gasteiger charge is -2.16. The van der Waals surface area contributed by atoms with Gasteiger partial charge in [-0.15, -0.1) is 11.8 Å². The second kappa shape index (κ2) is 5.56. The summed E-state index contributed by atoms with van der Waals surface area (Å²) >= 11 is 1.92. The van der Waals surface area contributed by atoms with Crippen molar-refractivity contribution in [3.05, 3.63) is 29.3 Å². The van der Waals surface area contributed by atoms with E-state index in [1.807, 2.05) is 25.9 Å². The number of thioether (sulfide) groups is 1. The maximum atomic E-state index is 11.6. The lowest BCUT2D eigenvalue weighted by Crippen LogP contribution is -2.37. The summed E-state index contributed by atoms with van der Waals surface area (Å²) < 4.78 is 0. The van der Waals surface area contributed by atoms with Crippen LogP contribution in [0.4, 0.5) is 0 Å². The molecule has 0 atom stereocenters. The average Bonchev–Trinajstić information content (AvgIpc) is 2.27. The Balaban J connectivity index is 2.04. The van der Waals surface area contributed by atoms with E-state index in [1.54, 1.807) is 5.01 Å². The highest BCUT2D eigenvalue weighted by Crippen LogP contribution is 2.30. The van der Waals surface area contributed by atoms with Crippen LogP contribution in [0.15, 0.2) is 23.1 Å². The summed E-state index contributed by atoms with van der Waals surface area (Å²) in [4.78, 5) is 13.0. The summed E-state index contributed by atoms with van der Waals surface area (Å²) in [5, 5.41) is 1.68. The van der Waals surface area contributed by atoms with Crippen molar-refractivity contribution >= 4 is 17.7 Å². The number of hydrogen-bond acceptors (Lipinski definition) is 3. The van der Waals surface area contributed by atoms with E-state index >= 15 is 0 Å². The van der Waals surface area contributed by atoms with E-state index < -0.39 is 0 Å². The van der Waals surface area contributed by atoms with Gasteiger partial charge in [-0.05, 0) is 35.8 Å². The first-order valence-electron chi connectivity index (χ1n) is 5.86. The van der Waals surface area contributed by atoms with E-state index in [2.05, 4.69) is 23.6 Å². The number of benzene rings is 1. The Kier molecular flexibility index (Phi) is 4.07. The fourth-order valence-corrected chi connectivity index (χ4v) is 3.02. The minimum atomic E-state index is 0.0402. The molecule has 0 saturated heterocycles. The number of nitrogens with one attached hydrogen (secondary N) is 1. The van der Waals surface area contributed by atoms with E-state index in [4.69, 9.17) is 0 Å². The van der Waals surface area contributed by atoms with Crippen molar-refractivity contribution in [2.24, 2.45) is 0 Å². The predicted molar refractivity (Wildman–Crippen MR) is 71.0 cm³/mol. The van der Waals surface area contributed by atoms with Crippen LogP contribution in [0.1, 0.15) is 17.5 Å². The molecule has 0 aliphatic carbocycles. The number of fused-ring (bicyclic) bond motifs is 1. The van der Waals surface area contributed by atoms with Crippen LogP contribution in [0.3, 0.4) is 0 Å². The Hall–Kier alpha value is -1.00. The van der Waals surface area contributed by atoms with Crippen LogP contribution in [0.5, 0.6) is 0 Å². The summed E-state index contributed by atoms with van der Waals surface area (Å²) in [5.41, 5.74) is 5.26. The van der Waals surface area contributed by atoms with Gasteiger partial charge in [-0.2, -0.15) is 0 Å². The molecule has 0 unspecified atom stereocenters. The Morgan fingerprint density at radius 2 is 2.29 bits per heavy atom. The summed E-state index contributed by atoms with van der Waals surface area (Å²) in [6.45, 7) is 0. The molecule has 1 aliphatic rings. The number of hydrazine groups is 1. The smallest absolute Gasteiger partial charge is 0.238 e. The molecule has 0 bridgehead atoms. The van der Waals surface area contributed by atoms with Crippen LogP contribution in [-0.2, 0) is 17.6 Å². The fraction of sp³-hybridized carbons (Fsp3) is 0.462. The summed E-state index contributed by atoms with van der Waals surface area (Å²) in [7, 11) is 3.64. The molecule has 1 aromatic rings. The standard InChI is InChI=1S/C13H18N2OS/c1-15(2)14-13(16)9-10-5-6-12-11(8-10)4-3-7-17-12/h5-6,8H,3-4,7,9H2,1-2H3,(H,14,16). The third-order valence-electron chi connectivity index (χ3n) is 2.69. The van der Waals surface area contributed by atoms with Crippen molar-refractivity contribution in [3.63, 3.8) is 0 Å². The number of aryl methyl sites for hydroxylation is 1. The zero-order valence-corrected chi connectivity index (χ0v) is 11.1. The fourth-order valence-electron chi connectivity index (χ4n) is 2.00. The second-order valence-corrected chi connectivity index (χ2v) is 5.64. The van der Waals surface area contributed by atoms with E-state index in [0.717, 1.165) is 12.0 Å². The first kappa shape index (κ1) is 12.5. The summed E-state index contributed by atoms with van der Waals surface area (Å²) in [5.74, 6) is 1.26. The Morgan fingerprint density at radius 3 is 3.06 bits per heavy atom. The van der Waals surface area contributed by atoms with Gasteiger partial charge in [0.25, 0.3) is 0 Å². The molecule has 0 fully saturated rings. The van der Waals surface area contributed by atoms with Gasteiger partial charge in [-0.1, -0.05) is 12.1 Å². The molecular formula is C13H18N2OS. The van der Waals surface area contributed by atoms with Crippen LogP contribution in [-0.4, -0.2) is 30.8 Å². The molecule has 1 amide bonds. The van der Waals surface area contributed by atoms with Gasteiger partial charge in [-0.3, -0.25) is 10.2 Å². The van der Waals surface area contributed by atoms with Crippen molar-refractivity contribution in [2.45, 2.75) is 24.2 Å². The van der Waals surface area contributed by atoms with Crippen LogP contribution in [0.25, 0.3) is 0 Å². The topological polar surface area (TPSA) is 32.3 Å². The van der Waals surface area contributed by atoms with Crippen LogP contribution in [0, 0.1) is 0 Å². The van der Waals surface area contributed by atoms with Gasteiger partial charge in [0, 0.05) is 19.0 Å². The number of carbonyl (C=O) groups excluding carboxylic acids is 1. The third-order valence-corrected chi connectivity index (χ3v) is 3.89. The molecule has 3 nitrogen and oxygen atoms in total. The monoisotopic (exact) mass is 250 g/mol. The molecule has 1 aliphatic heterocycles. The molecule has 92 valence electrons. The molecule has 1 heterocycles. The molecule has 1 N–H and O–H groups in total. The zero-order chi connectivity index (χ0) is 12.3. The highest BCUT2D eigenvalue weighted by molar-refractivity contribution is 7.99. The van der Waals surface area contributed by atoms with Crippen molar-refractivity contribution in [2.75, 3.05) is 19.8 Å². The van der Waals surface area contributed by atoms with Gasteiger partial charge < -0.3 is 0 Å². The van der Waals surface area contributed by atoms with Crippen molar-refractivity contribution in [1.29, 1.82) is 0 Å². The number of hydrogen-bond donors (Lipinski definition) is 1. The SMILES string of the molecule is CN(C)NC(=O)Cc1ccc2c(c1)CCCS2. The van der Waals surface area contributed by atoms with Crippen molar-refractivity contribution < 1.29 is 4.79 Å². The lowest BCUT2D eigenvalue weighted by atomic mass is 10.0. The van der Waals surface area contributed by atoms with Gasteiger partial charge in [-0.25, -0.2) is 5.01 Å². The highest BCUT2D eigenvalue weighted by atomic mass is 32.2. The summed E-state index contributed by atoms with van der Waals surface area (Å²) in [6, 6.07) is 6.39. The third kappa shape index (κ3) is 3.48. The van der Waals surface area contributed by atoms with E-state index in [9.17, 15) is 4.79 Å². The van der Waals surface area contributed by atoms with E-state index in [-0.39, 0.29) is 5.91 Å². The van der Waals surface area contributed by atoms with E-state index in [1.165, 1.54) is 22.6 Å². The molecule has 0 aromatic heterocycles. The normalized spacial score (nSPS) is 14.5. The molecule has 0 radical (unpaired) electrons. The Morgan fingerprint density at radius 1 is 1.47 bits per heavy atom. The largest absolute Gasteiger partial charge is 0.289 e. The zero-order valence-electron chi connectivity index (χ0n) is 10.3. The number of rotatable bonds is 3. The van der Waals surface area contributed by atoms with Gasteiger partial charge in [0.1, 0.15) is 0 Å². The maximum absolute atomic E-state index is 11.6. The van der Waals surface area contributed by atoms with E-state index in [0.29, 0.717) is 6.42 Å². The predicted octanol–water partition coefficient (Wildman–Crippen LogP) is 1.86. The first-order chi connectivity index (χ1) is 8.15.